The van der Waals surface area contributed by atoms with Crippen molar-refractivity contribution < 1.29 is 29.0 Å². The molecule has 238 valence electrons. The zero-order chi connectivity index (χ0) is 31.8. The number of hydrogen-bond donors (Lipinski definition) is 1. The quantitative estimate of drug-likeness (QED) is 0.309. The summed E-state index contributed by atoms with van der Waals surface area (Å²) in [6, 6.07) is 22.9. The fourth-order valence-corrected chi connectivity index (χ4v) is 9.28. The van der Waals surface area contributed by atoms with Crippen LogP contribution < -0.4 is 4.90 Å². The Labute approximate surface area is 269 Å². The molecule has 0 radical (unpaired) electrons. The molecule has 0 aromatic heterocycles. The van der Waals surface area contributed by atoms with Crippen LogP contribution in [0, 0.1) is 23.2 Å². The third-order valence-electron chi connectivity index (χ3n) is 10.8. The van der Waals surface area contributed by atoms with E-state index in [0.29, 0.717) is 29.9 Å². The number of aliphatic carboxylic acids is 1. The van der Waals surface area contributed by atoms with Crippen molar-refractivity contribution in [1.82, 2.24) is 4.90 Å². The summed E-state index contributed by atoms with van der Waals surface area (Å²) < 4.78 is 5.79. The van der Waals surface area contributed by atoms with Crippen LogP contribution >= 0.6 is 0 Å². The molecule has 1 heterocycles. The zero-order valence-electron chi connectivity index (χ0n) is 25.9. The van der Waals surface area contributed by atoms with Gasteiger partial charge in [0.05, 0.1) is 12.2 Å². The molecule has 8 nitrogen and oxygen atoms in total. The van der Waals surface area contributed by atoms with Crippen molar-refractivity contribution in [2.45, 2.75) is 76.6 Å². The first-order chi connectivity index (χ1) is 22.3. The number of rotatable bonds is 7. The van der Waals surface area contributed by atoms with Gasteiger partial charge < -0.3 is 14.7 Å². The predicted octanol–water partition coefficient (Wildman–Crippen LogP) is 6.87. The van der Waals surface area contributed by atoms with E-state index in [0.717, 1.165) is 35.3 Å². The second-order valence-electron chi connectivity index (χ2n) is 14.0. The normalized spacial score (nSPS) is 28.7. The summed E-state index contributed by atoms with van der Waals surface area (Å²) in [7, 11) is 0. The largest absolute Gasteiger partial charge is 0.480 e. The number of nitrogens with zero attached hydrogens (tertiary/aromatic N) is 2. The van der Waals surface area contributed by atoms with Crippen LogP contribution in [0.5, 0.6) is 0 Å². The van der Waals surface area contributed by atoms with Gasteiger partial charge in [0, 0.05) is 12.0 Å². The number of ether oxygens (including phenoxy) is 1. The highest BCUT2D eigenvalue weighted by atomic mass is 16.6. The predicted molar refractivity (Wildman–Crippen MR) is 172 cm³/mol. The molecule has 4 saturated carbocycles. The second kappa shape index (κ2) is 12.4. The van der Waals surface area contributed by atoms with Crippen LogP contribution in [0.4, 0.5) is 10.5 Å². The number of benzene rings is 3. The number of amides is 2. The molecule has 8 heteroatoms. The molecular weight excluding hydrogens is 580 g/mol. The first kappa shape index (κ1) is 30.2. The standard InChI is InChI=1S/C38H40N2O6/c41-34-18-32(36(43)44)40(37(45)46-24-26-11-5-2-6-12-26)33(22-38-19-27-15-28(20-38)17-29(16-27)21-38)35(42)39(23-25-9-3-1-4-10-25)31-14-8-7-13-30(31)34/h1-14,27-29,32-33H,15-24H2,(H,43,44)/t27?,28?,29?,32?,33-,38?/m1/s1. The lowest BCUT2D eigenvalue weighted by Gasteiger charge is -2.58. The molecule has 3 aromatic carbocycles. The highest BCUT2D eigenvalue weighted by Gasteiger charge is 2.55. The number of para-hydroxylation sites is 1. The van der Waals surface area contributed by atoms with Crippen molar-refractivity contribution >= 4 is 29.4 Å². The van der Waals surface area contributed by atoms with E-state index >= 15 is 4.79 Å². The van der Waals surface area contributed by atoms with Gasteiger partial charge in [-0.3, -0.25) is 14.5 Å². The summed E-state index contributed by atoms with van der Waals surface area (Å²) in [5, 5.41) is 10.6. The molecule has 0 spiro atoms. The van der Waals surface area contributed by atoms with Crippen molar-refractivity contribution in [3.63, 3.8) is 0 Å². The maximum atomic E-state index is 15.2. The molecule has 46 heavy (non-hydrogen) atoms. The molecule has 8 rings (SSSR count). The number of Topliss-reactive ketones (excluding diaryl/α,β-unsaturated/α-hetero) is 1. The van der Waals surface area contributed by atoms with Crippen molar-refractivity contribution in [3.8, 4) is 0 Å². The minimum absolute atomic E-state index is 0.0807. The summed E-state index contributed by atoms with van der Waals surface area (Å²) >= 11 is 0. The van der Waals surface area contributed by atoms with Crippen LogP contribution in [0.2, 0.25) is 0 Å². The number of carbonyl (C=O) groups is 4. The van der Waals surface area contributed by atoms with Gasteiger partial charge in [0.2, 0.25) is 5.91 Å². The first-order valence-corrected chi connectivity index (χ1v) is 16.5. The maximum Gasteiger partial charge on any atom is 0.411 e. The van der Waals surface area contributed by atoms with Crippen molar-refractivity contribution in [1.29, 1.82) is 0 Å². The molecular formula is C38H40N2O6. The minimum Gasteiger partial charge on any atom is -0.480 e. The van der Waals surface area contributed by atoms with E-state index in [4.69, 9.17) is 4.74 Å². The Morgan fingerprint density at radius 1 is 0.783 bits per heavy atom. The third kappa shape index (κ3) is 5.93. The monoisotopic (exact) mass is 620 g/mol. The van der Waals surface area contributed by atoms with Gasteiger partial charge in [0.25, 0.3) is 0 Å². The Kier molecular flexibility index (Phi) is 8.13. The first-order valence-electron chi connectivity index (χ1n) is 16.5. The molecule has 2 atom stereocenters. The SMILES string of the molecule is O=C1CC(C(=O)O)N(C(=O)OCc2ccccc2)[C@H](CC23CC4CC(CC(C4)C2)C3)C(=O)N(Cc2ccccc2)c2ccccc21. The molecule has 3 aromatic rings. The number of carboxylic acids is 1. The second-order valence-corrected chi connectivity index (χ2v) is 14.0. The maximum absolute atomic E-state index is 15.2. The minimum atomic E-state index is -1.57. The molecule has 1 N–H and O–H groups in total. The van der Waals surface area contributed by atoms with E-state index < -0.39 is 36.4 Å². The van der Waals surface area contributed by atoms with Gasteiger partial charge in [-0.25, -0.2) is 9.59 Å². The van der Waals surface area contributed by atoms with E-state index in [-0.39, 0.29) is 30.0 Å². The number of carbonyl (C=O) groups excluding carboxylic acids is 3. The van der Waals surface area contributed by atoms with Gasteiger partial charge in [-0.1, -0.05) is 72.8 Å². The van der Waals surface area contributed by atoms with E-state index in [2.05, 4.69) is 0 Å². The lowest BCUT2D eigenvalue weighted by atomic mass is 9.48. The molecule has 2 amide bonds. The number of fused-ring (bicyclic) bond motifs is 1. The van der Waals surface area contributed by atoms with Crippen LogP contribution in [0.1, 0.15) is 72.9 Å². The molecule has 4 bridgehead atoms. The summed E-state index contributed by atoms with van der Waals surface area (Å²) in [6.07, 6.45) is 5.54. The van der Waals surface area contributed by atoms with Crippen LogP contribution in [-0.2, 0) is 27.5 Å². The van der Waals surface area contributed by atoms with Crippen LogP contribution in [0.15, 0.2) is 84.9 Å². The van der Waals surface area contributed by atoms with Crippen LogP contribution in [0.3, 0.4) is 0 Å². The Balaban J connectivity index is 1.34. The van der Waals surface area contributed by atoms with Crippen molar-refractivity contribution in [3.05, 3.63) is 102 Å². The van der Waals surface area contributed by atoms with Gasteiger partial charge in [0.15, 0.2) is 5.78 Å². The summed E-state index contributed by atoms with van der Waals surface area (Å²) in [5.41, 5.74) is 2.13. The Hall–Kier alpha value is -4.46. The molecule has 4 fully saturated rings. The highest BCUT2D eigenvalue weighted by molar-refractivity contribution is 6.09. The van der Waals surface area contributed by atoms with Crippen LogP contribution in [0.25, 0.3) is 0 Å². The van der Waals surface area contributed by atoms with Gasteiger partial charge >= 0.3 is 12.1 Å². The smallest absolute Gasteiger partial charge is 0.411 e. The summed E-state index contributed by atoms with van der Waals surface area (Å²) in [6.45, 7) is 0.0919. The Morgan fingerprint density at radius 2 is 1.35 bits per heavy atom. The van der Waals surface area contributed by atoms with Gasteiger partial charge in [-0.2, -0.15) is 0 Å². The highest BCUT2D eigenvalue weighted by Crippen LogP contribution is 2.62. The fourth-order valence-electron chi connectivity index (χ4n) is 9.28. The molecule has 4 aliphatic carbocycles. The summed E-state index contributed by atoms with van der Waals surface area (Å²) in [5.74, 6) is -0.380. The van der Waals surface area contributed by atoms with Crippen LogP contribution in [-0.4, -0.2) is 45.8 Å². The van der Waals surface area contributed by atoms with E-state index in [1.54, 1.807) is 29.2 Å². The Morgan fingerprint density at radius 3 is 1.96 bits per heavy atom. The average molecular weight is 621 g/mol. The fraction of sp³-hybridized carbons (Fsp3) is 0.421. The zero-order valence-corrected chi connectivity index (χ0v) is 25.9. The van der Waals surface area contributed by atoms with Crippen molar-refractivity contribution in [2.24, 2.45) is 23.2 Å². The number of ketones is 1. The van der Waals surface area contributed by atoms with Gasteiger partial charge in [-0.15, -0.1) is 0 Å². The van der Waals surface area contributed by atoms with E-state index in [1.165, 1.54) is 19.3 Å². The Bertz CT molecular complexity index is 1590. The number of carboxylic acid groups (broad SMARTS) is 1. The average Bonchev–Trinajstić information content (AvgIpc) is 3.08. The summed E-state index contributed by atoms with van der Waals surface area (Å²) in [4.78, 5) is 59.1. The molecule has 5 aliphatic rings. The lowest BCUT2D eigenvalue weighted by Crippen LogP contribution is -2.59. The van der Waals surface area contributed by atoms with Gasteiger partial charge in [-0.05, 0) is 91.4 Å². The molecule has 0 saturated heterocycles. The molecule has 1 unspecified atom stereocenters. The van der Waals surface area contributed by atoms with E-state index in [1.807, 2.05) is 60.7 Å². The van der Waals surface area contributed by atoms with Gasteiger partial charge in [0.1, 0.15) is 18.7 Å². The number of anilines is 1. The number of hydrogen-bond acceptors (Lipinski definition) is 5. The van der Waals surface area contributed by atoms with E-state index in [9.17, 15) is 19.5 Å². The molecule has 1 aliphatic heterocycles. The third-order valence-corrected chi connectivity index (χ3v) is 10.8. The van der Waals surface area contributed by atoms with Crippen molar-refractivity contribution in [2.75, 3.05) is 4.90 Å². The topological polar surface area (TPSA) is 104 Å². The lowest BCUT2D eigenvalue weighted by molar-refractivity contribution is -0.146.